The minimum atomic E-state index is -0.395. The van der Waals surface area contributed by atoms with Gasteiger partial charge >= 0.3 is 0 Å². The number of ether oxygens (including phenoxy) is 1. The predicted octanol–water partition coefficient (Wildman–Crippen LogP) is 3.68. The molecule has 0 amide bonds. The van der Waals surface area contributed by atoms with E-state index < -0.39 is 5.82 Å². The fourth-order valence-electron chi connectivity index (χ4n) is 2.62. The van der Waals surface area contributed by atoms with Crippen LogP contribution in [0.4, 0.5) is 10.1 Å². The molecule has 0 bridgehead atoms. The average Bonchev–Trinajstić information content (AvgIpc) is 2.53. The number of nitrogens with zero attached hydrogens (tertiary/aromatic N) is 1. The Morgan fingerprint density at radius 3 is 3.00 bits per heavy atom. The molecule has 1 heterocycles. The molecule has 0 aliphatic carbocycles. The molecule has 0 fully saturated rings. The van der Waals surface area contributed by atoms with E-state index in [1.165, 1.54) is 17.7 Å². The third-order valence-electron chi connectivity index (χ3n) is 3.72. The van der Waals surface area contributed by atoms with Crippen molar-refractivity contribution in [2.24, 2.45) is 0 Å². The molecule has 106 valence electrons. The molecular formula is C17H15FN2O. The van der Waals surface area contributed by atoms with Crippen LogP contribution in [0.3, 0.4) is 0 Å². The smallest absolute Gasteiger partial charge is 0.124 e. The molecule has 2 aromatic rings. The lowest BCUT2D eigenvalue weighted by molar-refractivity contribution is 0.270. The Balaban J connectivity index is 1.76. The molecule has 0 saturated carbocycles. The van der Waals surface area contributed by atoms with Gasteiger partial charge in [-0.1, -0.05) is 18.2 Å². The van der Waals surface area contributed by atoms with E-state index in [4.69, 9.17) is 10.00 Å². The third kappa shape index (κ3) is 2.82. The van der Waals surface area contributed by atoms with Gasteiger partial charge in [0.15, 0.2) is 0 Å². The predicted molar refractivity (Wildman–Crippen MR) is 78.9 cm³/mol. The van der Waals surface area contributed by atoms with Crippen molar-refractivity contribution >= 4 is 5.69 Å². The van der Waals surface area contributed by atoms with Crippen LogP contribution in [0.15, 0.2) is 42.5 Å². The van der Waals surface area contributed by atoms with Crippen LogP contribution < -0.4 is 10.1 Å². The Labute approximate surface area is 123 Å². The van der Waals surface area contributed by atoms with Crippen LogP contribution in [-0.2, 0) is 0 Å². The fraction of sp³-hybridized carbons (Fsp3) is 0.235. The first kappa shape index (κ1) is 13.4. The number of nitrogens with one attached hydrogen (secondary N) is 1. The van der Waals surface area contributed by atoms with Gasteiger partial charge in [-0.05, 0) is 36.2 Å². The van der Waals surface area contributed by atoms with Gasteiger partial charge in [0.25, 0.3) is 0 Å². The van der Waals surface area contributed by atoms with Gasteiger partial charge < -0.3 is 10.1 Å². The summed E-state index contributed by atoms with van der Waals surface area (Å²) in [5, 5.41) is 12.3. The molecule has 21 heavy (non-hydrogen) atoms. The highest BCUT2D eigenvalue weighted by molar-refractivity contribution is 5.57. The Bertz CT molecular complexity index is 693. The monoisotopic (exact) mass is 282 g/mol. The summed E-state index contributed by atoms with van der Waals surface area (Å²) in [7, 11) is 0. The number of hydrogen-bond acceptors (Lipinski definition) is 3. The van der Waals surface area contributed by atoms with Crippen molar-refractivity contribution in [3.05, 3.63) is 59.4 Å². The maximum atomic E-state index is 13.1. The van der Waals surface area contributed by atoms with Crippen molar-refractivity contribution in [2.75, 3.05) is 18.5 Å². The summed E-state index contributed by atoms with van der Waals surface area (Å²) in [5.41, 5.74) is 2.18. The van der Waals surface area contributed by atoms with E-state index in [0.29, 0.717) is 30.3 Å². The highest BCUT2D eigenvalue weighted by Crippen LogP contribution is 2.33. The molecule has 0 aromatic heterocycles. The highest BCUT2D eigenvalue weighted by atomic mass is 19.1. The highest BCUT2D eigenvalue weighted by Gasteiger charge is 2.21. The summed E-state index contributed by atoms with van der Waals surface area (Å²) in [4.78, 5) is 0. The summed E-state index contributed by atoms with van der Waals surface area (Å²) in [5.74, 6) is 0.857. The van der Waals surface area contributed by atoms with Crippen LogP contribution in [0.2, 0.25) is 0 Å². The van der Waals surface area contributed by atoms with E-state index in [2.05, 4.69) is 11.4 Å². The molecular weight excluding hydrogens is 267 g/mol. The minimum Gasteiger partial charge on any atom is -0.493 e. The zero-order valence-electron chi connectivity index (χ0n) is 11.5. The van der Waals surface area contributed by atoms with E-state index in [0.717, 1.165) is 12.2 Å². The molecule has 4 heteroatoms. The molecule has 0 radical (unpaired) electrons. The van der Waals surface area contributed by atoms with Crippen molar-refractivity contribution in [2.45, 2.75) is 12.3 Å². The van der Waals surface area contributed by atoms with Crippen LogP contribution in [0.5, 0.6) is 5.75 Å². The second kappa shape index (κ2) is 5.84. The molecule has 0 saturated heterocycles. The van der Waals surface area contributed by atoms with Crippen LogP contribution in [0, 0.1) is 17.1 Å². The zero-order valence-corrected chi connectivity index (χ0v) is 11.5. The summed E-state index contributed by atoms with van der Waals surface area (Å²) in [6.07, 6.45) is 0.924. The molecule has 1 aliphatic rings. The van der Waals surface area contributed by atoms with E-state index in [9.17, 15) is 4.39 Å². The number of rotatable bonds is 3. The maximum Gasteiger partial charge on any atom is 0.124 e. The van der Waals surface area contributed by atoms with Gasteiger partial charge in [0.2, 0.25) is 0 Å². The number of fused-ring (bicyclic) bond motifs is 1. The summed E-state index contributed by atoms with van der Waals surface area (Å²) in [6, 6.07) is 14.2. The van der Waals surface area contributed by atoms with Gasteiger partial charge in [0, 0.05) is 12.5 Å². The first-order chi connectivity index (χ1) is 10.3. The third-order valence-corrected chi connectivity index (χ3v) is 3.72. The van der Waals surface area contributed by atoms with Crippen LogP contribution in [0.1, 0.15) is 23.5 Å². The molecule has 3 rings (SSSR count). The second-order valence-corrected chi connectivity index (χ2v) is 5.05. The van der Waals surface area contributed by atoms with E-state index in [-0.39, 0.29) is 0 Å². The van der Waals surface area contributed by atoms with Crippen molar-refractivity contribution in [1.82, 2.24) is 0 Å². The standard InChI is InChI=1S/C17H15FN2O/c18-14-5-6-16(13(9-14)10-19)20-11-12-7-8-21-17-4-2-1-3-15(12)17/h1-6,9,12,20H,7-8,11H2. The summed E-state index contributed by atoms with van der Waals surface area (Å²) >= 11 is 0. The largest absolute Gasteiger partial charge is 0.493 e. The van der Waals surface area contributed by atoms with Crippen LogP contribution in [0.25, 0.3) is 0 Å². The Morgan fingerprint density at radius 2 is 2.14 bits per heavy atom. The Kier molecular flexibility index (Phi) is 3.74. The van der Waals surface area contributed by atoms with E-state index >= 15 is 0 Å². The lowest BCUT2D eigenvalue weighted by Crippen LogP contribution is -2.21. The minimum absolute atomic E-state index is 0.326. The number of benzene rings is 2. The zero-order chi connectivity index (χ0) is 14.7. The van der Waals surface area contributed by atoms with Gasteiger partial charge in [-0.3, -0.25) is 0 Å². The average molecular weight is 282 g/mol. The fourth-order valence-corrected chi connectivity index (χ4v) is 2.62. The Morgan fingerprint density at radius 1 is 1.29 bits per heavy atom. The van der Waals surface area contributed by atoms with Gasteiger partial charge in [-0.2, -0.15) is 5.26 Å². The number of nitriles is 1. The van der Waals surface area contributed by atoms with Crippen molar-refractivity contribution in [1.29, 1.82) is 5.26 Å². The SMILES string of the molecule is N#Cc1cc(F)ccc1NCC1CCOc2ccccc21. The van der Waals surface area contributed by atoms with Crippen LogP contribution in [-0.4, -0.2) is 13.2 Å². The first-order valence-corrected chi connectivity index (χ1v) is 6.93. The number of halogens is 1. The lowest BCUT2D eigenvalue weighted by atomic mass is 9.93. The molecule has 1 unspecified atom stereocenters. The topological polar surface area (TPSA) is 45.0 Å². The number of hydrogen-bond donors (Lipinski definition) is 1. The second-order valence-electron chi connectivity index (χ2n) is 5.05. The van der Waals surface area contributed by atoms with Gasteiger partial charge in [0.1, 0.15) is 17.6 Å². The number of anilines is 1. The van der Waals surface area contributed by atoms with Gasteiger partial charge in [0.05, 0.1) is 17.9 Å². The Hall–Kier alpha value is -2.54. The molecule has 1 atom stereocenters. The quantitative estimate of drug-likeness (QED) is 0.934. The molecule has 1 aliphatic heterocycles. The molecule has 0 spiro atoms. The van der Waals surface area contributed by atoms with E-state index in [1.807, 2.05) is 24.3 Å². The van der Waals surface area contributed by atoms with Gasteiger partial charge in [-0.25, -0.2) is 4.39 Å². The number of para-hydroxylation sites is 1. The van der Waals surface area contributed by atoms with Crippen molar-refractivity contribution < 1.29 is 9.13 Å². The molecule has 1 N–H and O–H groups in total. The normalized spacial score (nSPS) is 16.5. The lowest BCUT2D eigenvalue weighted by Gasteiger charge is -2.26. The summed E-state index contributed by atoms with van der Waals surface area (Å²) < 4.78 is 18.8. The molecule has 3 nitrogen and oxygen atoms in total. The van der Waals surface area contributed by atoms with Crippen LogP contribution >= 0.6 is 0 Å². The van der Waals surface area contributed by atoms with Crippen molar-refractivity contribution in [3.63, 3.8) is 0 Å². The first-order valence-electron chi connectivity index (χ1n) is 6.93. The molecule has 2 aromatic carbocycles. The van der Waals surface area contributed by atoms with Crippen molar-refractivity contribution in [3.8, 4) is 11.8 Å². The summed E-state index contributed by atoms with van der Waals surface area (Å²) in [6.45, 7) is 1.39. The van der Waals surface area contributed by atoms with Gasteiger partial charge in [-0.15, -0.1) is 0 Å². The van der Waals surface area contributed by atoms with E-state index in [1.54, 1.807) is 6.07 Å². The maximum absolute atomic E-state index is 13.1.